The molecule has 0 aromatic rings. The van der Waals surface area contributed by atoms with Crippen LogP contribution in [0.15, 0.2) is 0 Å². The van der Waals surface area contributed by atoms with Crippen LogP contribution in [0.1, 0.15) is 39.5 Å². The van der Waals surface area contributed by atoms with E-state index in [1.807, 2.05) is 0 Å². The van der Waals surface area contributed by atoms with Crippen molar-refractivity contribution in [3.05, 3.63) is 4.85 Å². The third kappa shape index (κ3) is 24.8. The van der Waals surface area contributed by atoms with Crippen molar-refractivity contribution in [1.29, 1.82) is 0 Å². The molecule has 1 amide bonds. The molecular formula is C10H21N2O+. The summed E-state index contributed by atoms with van der Waals surface area (Å²) < 4.78 is 0. The second kappa shape index (κ2) is 17.2. The first kappa shape index (κ1) is 14.5. The number of hydrogen-bond acceptors (Lipinski definition) is 1. The van der Waals surface area contributed by atoms with Gasteiger partial charge in [-0.25, -0.2) is 0 Å². The van der Waals surface area contributed by atoms with E-state index in [1.165, 1.54) is 6.42 Å². The number of nitrogens with zero attached hydrogens (tertiary/aromatic N) is 1. The maximum Gasteiger partial charge on any atom is 0.263 e. The number of unbranched alkanes of at least 4 members (excludes halogenated alkanes) is 2. The summed E-state index contributed by atoms with van der Waals surface area (Å²) in [5.41, 5.74) is 0. The van der Waals surface area contributed by atoms with Gasteiger partial charge in [-0.3, -0.25) is 4.79 Å². The standard InChI is InChI=1S/C5H11NO.C5H10N/c1-2-3-4-6-5-7;1-3-4-5-6-2/h5H,2-4H2,1H3,(H,6,7);2H,3-5H2,1H3/q;+1. The molecule has 0 bridgehead atoms. The average molecular weight is 185 g/mol. The van der Waals surface area contributed by atoms with Crippen LogP contribution >= 0.6 is 0 Å². The lowest BCUT2D eigenvalue weighted by Gasteiger charge is -1.90. The molecular weight excluding hydrogens is 164 g/mol. The minimum absolute atomic E-state index is 0.732. The summed E-state index contributed by atoms with van der Waals surface area (Å²) >= 11 is 0. The van der Waals surface area contributed by atoms with Gasteiger partial charge in [0.25, 0.3) is 13.1 Å². The number of nitrogens with one attached hydrogen (secondary N) is 1. The Kier molecular flexibility index (Phi) is 19.1. The van der Waals surface area contributed by atoms with Gasteiger partial charge in [-0.2, -0.15) is 0 Å². The van der Waals surface area contributed by atoms with Gasteiger partial charge in [0.05, 0.1) is 0 Å². The summed E-state index contributed by atoms with van der Waals surface area (Å²) in [6, 6.07) is 0. The number of amides is 1. The van der Waals surface area contributed by atoms with Crippen molar-refractivity contribution in [2.24, 2.45) is 0 Å². The summed E-state index contributed by atoms with van der Waals surface area (Å²) in [5, 5.41) is 2.57. The second-order valence-corrected chi connectivity index (χ2v) is 2.69. The molecule has 0 aliphatic carbocycles. The first-order valence-electron chi connectivity index (χ1n) is 4.87. The molecule has 0 unspecified atom stereocenters. The maximum absolute atomic E-state index is 9.57. The highest BCUT2D eigenvalue weighted by Gasteiger charge is 1.82. The maximum atomic E-state index is 9.57. The van der Waals surface area contributed by atoms with Crippen molar-refractivity contribution in [2.75, 3.05) is 13.1 Å². The Labute approximate surface area is 81.3 Å². The van der Waals surface area contributed by atoms with Gasteiger partial charge in [0.1, 0.15) is 0 Å². The second-order valence-electron chi connectivity index (χ2n) is 2.69. The third-order valence-electron chi connectivity index (χ3n) is 1.40. The van der Waals surface area contributed by atoms with Crippen LogP contribution < -0.4 is 5.32 Å². The molecule has 3 nitrogen and oxygen atoms in total. The molecule has 0 heterocycles. The van der Waals surface area contributed by atoms with Gasteiger partial charge in [-0.1, -0.05) is 25.1 Å². The number of hydrogen-bond donors (Lipinski definition) is 1. The van der Waals surface area contributed by atoms with Crippen LogP contribution in [0.3, 0.4) is 0 Å². The van der Waals surface area contributed by atoms with Gasteiger partial charge in [-0.15, -0.1) is 0 Å². The molecule has 0 aromatic carbocycles. The van der Waals surface area contributed by atoms with E-state index in [1.54, 1.807) is 0 Å². The van der Waals surface area contributed by atoms with Gasteiger partial charge < -0.3 is 5.32 Å². The van der Waals surface area contributed by atoms with Gasteiger partial charge in [0.15, 0.2) is 0 Å². The lowest BCUT2D eigenvalue weighted by atomic mass is 10.3. The first-order valence-corrected chi connectivity index (χ1v) is 4.87. The largest absolute Gasteiger partial charge is 0.359 e. The summed E-state index contributed by atoms with van der Waals surface area (Å²) in [6.07, 6.45) is 5.26. The van der Waals surface area contributed by atoms with E-state index in [9.17, 15) is 4.79 Å². The molecule has 0 saturated heterocycles. The molecule has 0 spiro atoms. The molecule has 0 atom stereocenters. The zero-order chi connectivity index (χ0) is 10.4. The number of carbonyl (C=O) groups excluding carboxylic acids is 1. The van der Waals surface area contributed by atoms with Crippen LogP contribution in [0.5, 0.6) is 0 Å². The van der Waals surface area contributed by atoms with E-state index in [0.29, 0.717) is 0 Å². The van der Waals surface area contributed by atoms with Gasteiger partial charge in [0.2, 0.25) is 6.41 Å². The highest BCUT2D eigenvalue weighted by molar-refractivity contribution is 5.45. The van der Waals surface area contributed by atoms with Crippen molar-refractivity contribution in [3.63, 3.8) is 0 Å². The fourth-order valence-corrected chi connectivity index (χ4v) is 0.587. The highest BCUT2D eigenvalue weighted by atomic mass is 16.1. The minimum Gasteiger partial charge on any atom is -0.359 e. The van der Waals surface area contributed by atoms with Crippen LogP contribution in [0.25, 0.3) is 4.85 Å². The lowest BCUT2D eigenvalue weighted by Crippen LogP contribution is -2.11. The van der Waals surface area contributed by atoms with Gasteiger partial charge in [-0.05, 0) is 12.8 Å². The summed E-state index contributed by atoms with van der Waals surface area (Å²) in [5.74, 6) is 0. The molecule has 1 N–H and O–H groups in total. The molecule has 0 radical (unpaired) electrons. The fraction of sp³-hybridized carbons (Fsp3) is 0.800. The van der Waals surface area contributed by atoms with Crippen LogP contribution in [0.4, 0.5) is 0 Å². The Morgan fingerprint density at radius 2 is 1.92 bits per heavy atom. The predicted molar refractivity (Wildman–Crippen MR) is 57.1 cm³/mol. The first-order chi connectivity index (χ1) is 6.33. The Bertz CT molecular complexity index is 129. The molecule has 13 heavy (non-hydrogen) atoms. The highest BCUT2D eigenvalue weighted by Crippen LogP contribution is 1.83. The van der Waals surface area contributed by atoms with E-state index < -0.39 is 0 Å². The zero-order valence-corrected chi connectivity index (χ0v) is 8.75. The number of rotatable bonds is 6. The summed E-state index contributed by atoms with van der Waals surface area (Å²) in [4.78, 5) is 13.0. The SMILES string of the molecule is C#[N+]CCCC.CCCCNC=O. The van der Waals surface area contributed by atoms with Crippen LogP contribution in [0.2, 0.25) is 0 Å². The molecule has 0 aliphatic rings. The molecule has 0 fully saturated rings. The summed E-state index contributed by atoms with van der Waals surface area (Å²) in [7, 11) is 0. The molecule has 0 aromatic heterocycles. The lowest BCUT2D eigenvalue weighted by molar-refractivity contribution is -0.109. The Morgan fingerprint density at radius 3 is 2.23 bits per heavy atom. The van der Waals surface area contributed by atoms with Crippen LogP contribution in [-0.4, -0.2) is 19.5 Å². The summed E-state index contributed by atoms with van der Waals surface area (Å²) in [6.45, 7) is 10.7. The quantitative estimate of drug-likeness (QED) is 0.500. The molecule has 3 heteroatoms. The Morgan fingerprint density at radius 1 is 1.31 bits per heavy atom. The zero-order valence-electron chi connectivity index (χ0n) is 8.75. The van der Waals surface area contributed by atoms with Crippen LogP contribution in [0, 0.1) is 6.57 Å². The van der Waals surface area contributed by atoms with Gasteiger partial charge in [0, 0.05) is 13.0 Å². The fourth-order valence-electron chi connectivity index (χ4n) is 0.587. The van der Waals surface area contributed by atoms with Crippen molar-refractivity contribution in [3.8, 4) is 6.57 Å². The smallest absolute Gasteiger partial charge is 0.263 e. The molecule has 0 aliphatic heterocycles. The van der Waals surface area contributed by atoms with E-state index in [0.717, 1.165) is 38.8 Å². The minimum atomic E-state index is 0.732. The topological polar surface area (TPSA) is 33.5 Å². The Balaban J connectivity index is 0. The van der Waals surface area contributed by atoms with E-state index >= 15 is 0 Å². The van der Waals surface area contributed by atoms with Crippen molar-refractivity contribution >= 4 is 6.41 Å². The number of carbonyl (C=O) groups is 1. The van der Waals surface area contributed by atoms with E-state index in [2.05, 4.69) is 24.0 Å². The average Bonchev–Trinajstić information content (AvgIpc) is 2.17. The van der Waals surface area contributed by atoms with Gasteiger partial charge >= 0.3 is 0 Å². The van der Waals surface area contributed by atoms with E-state index in [-0.39, 0.29) is 0 Å². The van der Waals surface area contributed by atoms with Crippen molar-refractivity contribution < 1.29 is 4.79 Å². The van der Waals surface area contributed by atoms with Crippen molar-refractivity contribution in [2.45, 2.75) is 39.5 Å². The monoisotopic (exact) mass is 185 g/mol. The van der Waals surface area contributed by atoms with Crippen LogP contribution in [-0.2, 0) is 4.79 Å². The predicted octanol–water partition coefficient (Wildman–Crippen LogP) is 2.28. The normalized spacial score (nSPS) is 7.77. The van der Waals surface area contributed by atoms with Crippen molar-refractivity contribution in [1.82, 2.24) is 5.32 Å². The molecule has 0 saturated carbocycles. The van der Waals surface area contributed by atoms with E-state index in [4.69, 9.17) is 6.57 Å². The molecule has 76 valence electrons. The Hall–Kier alpha value is -1.04. The molecule has 0 rings (SSSR count). The third-order valence-corrected chi connectivity index (χ3v) is 1.40.